The van der Waals surface area contributed by atoms with Crippen molar-refractivity contribution in [2.75, 3.05) is 6.61 Å². The van der Waals surface area contributed by atoms with E-state index in [9.17, 15) is 20.0 Å². The Labute approximate surface area is 117 Å². The molecule has 0 bridgehead atoms. The first-order valence-electron chi connectivity index (χ1n) is 5.40. The minimum atomic E-state index is -0.945. The Morgan fingerprint density at radius 2 is 2.26 bits per heavy atom. The number of aliphatic hydroxyl groups excluding tert-OH is 1. The van der Waals surface area contributed by atoms with Gasteiger partial charge in [-0.1, -0.05) is 15.9 Å². The number of nitro benzene ring substituents is 1. The molecule has 0 aliphatic heterocycles. The maximum Gasteiger partial charge on any atom is 0.312 e. The molecule has 7 nitrogen and oxygen atoms in total. The summed E-state index contributed by atoms with van der Waals surface area (Å²) in [6, 6.07) is 2.79. The highest BCUT2D eigenvalue weighted by Gasteiger charge is 2.23. The summed E-state index contributed by atoms with van der Waals surface area (Å²) in [7, 11) is 0. The molecule has 0 unspecified atom stereocenters. The van der Waals surface area contributed by atoms with Crippen molar-refractivity contribution in [1.29, 1.82) is 0 Å². The Morgan fingerprint density at radius 3 is 2.74 bits per heavy atom. The fourth-order valence-electron chi connectivity index (χ4n) is 1.46. The predicted octanol–water partition coefficient (Wildman–Crippen LogP) is 1.66. The number of aliphatic hydroxyl groups is 1. The minimum absolute atomic E-state index is 0.0514. The van der Waals surface area contributed by atoms with Crippen molar-refractivity contribution < 1.29 is 19.6 Å². The number of primary amides is 1. The average Bonchev–Trinajstić information content (AvgIpc) is 2.29. The summed E-state index contributed by atoms with van der Waals surface area (Å²) in [5.74, 6) is -0.622. The van der Waals surface area contributed by atoms with Gasteiger partial charge in [0.15, 0.2) is 0 Å². The van der Waals surface area contributed by atoms with E-state index < -0.39 is 16.9 Å². The van der Waals surface area contributed by atoms with Crippen molar-refractivity contribution in [1.82, 2.24) is 0 Å². The summed E-state index contributed by atoms with van der Waals surface area (Å²) in [6.45, 7) is 1.38. The summed E-state index contributed by atoms with van der Waals surface area (Å²) in [4.78, 5) is 21.0. The molecule has 8 heteroatoms. The molecule has 0 saturated heterocycles. The van der Waals surface area contributed by atoms with Gasteiger partial charge in [0.2, 0.25) is 11.7 Å². The monoisotopic (exact) mass is 332 g/mol. The van der Waals surface area contributed by atoms with Crippen LogP contribution in [0.3, 0.4) is 0 Å². The van der Waals surface area contributed by atoms with Gasteiger partial charge in [-0.05, 0) is 13.0 Å². The molecular weight excluding hydrogens is 320 g/mol. The van der Waals surface area contributed by atoms with Gasteiger partial charge in [-0.2, -0.15) is 0 Å². The van der Waals surface area contributed by atoms with Crippen LogP contribution >= 0.6 is 15.9 Å². The third-order valence-electron chi connectivity index (χ3n) is 2.30. The van der Waals surface area contributed by atoms with Crippen LogP contribution < -0.4 is 10.5 Å². The topological polar surface area (TPSA) is 116 Å². The summed E-state index contributed by atoms with van der Waals surface area (Å²) in [5, 5.41) is 20.6. The largest absolute Gasteiger partial charge is 0.486 e. The molecule has 19 heavy (non-hydrogen) atoms. The van der Waals surface area contributed by atoms with Crippen LogP contribution in [0.1, 0.15) is 25.0 Å². The molecule has 0 spiro atoms. The Hall–Kier alpha value is -1.67. The zero-order valence-electron chi connectivity index (χ0n) is 10.1. The van der Waals surface area contributed by atoms with Crippen LogP contribution in [0.5, 0.6) is 5.75 Å². The maximum absolute atomic E-state index is 11.0. The van der Waals surface area contributed by atoms with E-state index >= 15 is 0 Å². The van der Waals surface area contributed by atoms with E-state index in [1.54, 1.807) is 0 Å². The van der Waals surface area contributed by atoms with Gasteiger partial charge >= 0.3 is 5.69 Å². The molecule has 1 aromatic rings. The molecule has 1 amide bonds. The van der Waals surface area contributed by atoms with Gasteiger partial charge in [0, 0.05) is 16.1 Å². The molecule has 0 heterocycles. The van der Waals surface area contributed by atoms with E-state index in [4.69, 9.17) is 10.5 Å². The number of benzene rings is 1. The quantitative estimate of drug-likeness (QED) is 0.607. The van der Waals surface area contributed by atoms with Gasteiger partial charge in [0.25, 0.3) is 0 Å². The fourth-order valence-corrected chi connectivity index (χ4v) is 1.92. The Morgan fingerprint density at radius 1 is 1.63 bits per heavy atom. The SMILES string of the molecule is C[C@@H](O)c1cc(Br)cc([N+](=O)[O-])c1OCCC(N)=O. The molecule has 3 N–H and O–H groups in total. The van der Waals surface area contributed by atoms with Crippen molar-refractivity contribution in [3.8, 4) is 5.75 Å². The molecule has 0 saturated carbocycles. The number of nitrogens with two attached hydrogens (primary N) is 1. The molecule has 1 aromatic carbocycles. The third kappa shape index (κ3) is 4.18. The van der Waals surface area contributed by atoms with E-state index in [-0.39, 0.29) is 30.0 Å². The first-order chi connectivity index (χ1) is 8.82. The summed E-state index contributed by atoms with van der Waals surface area (Å²) >= 11 is 3.13. The van der Waals surface area contributed by atoms with Crippen LogP contribution in [0.15, 0.2) is 16.6 Å². The highest BCUT2D eigenvalue weighted by molar-refractivity contribution is 9.10. The number of amides is 1. The molecule has 104 valence electrons. The van der Waals surface area contributed by atoms with Crippen molar-refractivity contribution in [3.05, 3.63) is 32.3 Å². The molecule has 0 fully saturated rings. The second-order valence-corrected chi connectivity index (χ2v) is 4.76. The van der Waals surface area contributed by atoms with Crippen LogP contribution in [-0.2, 0) is 4.79 Å². The molecule has 1 rings (SSSR count). The number of rotatable bonds is 6. The molecule has 1 atom stereocenters. The Balaban J connectivity index is 3.15. The van der Waals surface area contributed by atoms with Gasteiger partial charge in [0.1, 0.15) is 0 Å². The number of halogens is 1. The van der Waals surface area contributed by atoms with Gasteiger partial charge in [-0.3, -0.25) is 14.9 Å². The van der Waals surface area contributed by atoms with Crippen LogP contribution in [0, 0.1) is 10.1 Å². The summed E-state index contributed by atoms with van der Waals surface area (Å²) < 4.78 is 5.69. The van der Waals surface area contributed by atoms with E-state index in [0.717, 1.165) is 0 Å². The van der Waals surface area contributed by atoms with Crippen molar-refractivity contribution >= 4 is 27.5 Å². The number of carbonyl (C=O) groups is 1. The molecule has 0 radical (unpaired) electrons. The van der Waals surface area contributed by atoms with Crippen LogP contribution in [0.2, 0.25) is 0 Å². The highest BCUT2D eigenvalue weighted by atomic mass is 79.9. The second kappa shape index (κ2) is 6.48. The molecular formula is C11H13BrN2O5. The van der Waals surface area contributed by atoms with E-state index in [0.29, 0.717) is 4.47 Å². The standard InChI is InChI=1S/C11H13BrN2O5/c1-6(15)8-4-7(12)5-9(14(17)18)11(8)19-3-2-10(13)16/h4-6,15H,2-3H2,1H3,(H2,13,16)/t6-/m1/s1. The lowest BCUT2D eigenvalue weighted by Crippen LogP contribution is -2.15. The van der Waals surface area contributed by atoms with Crippen LogP contribution in [0.4, 0.5) is 5.69 Å². The van der Waals surface area contributed by atoms with Gasteiger partial charge < -0.3 is 15.6 Å². The molecule has 0 aliphatic carbocycles. The average molecular weight is 333 g/mol. The van der Waals surface area contributed by atoms with Crippen molar-refractivity contribution in [2.24, 2.45) is 5.73 Å². The van der Waals surface area contributed by atoms with Gasteiger partial charge in [0.05, 0.1) is 24.1 Å². The van der Waals surface area contributed by atoms with Gasteiger partial charge in [-0.15, -0.1) is 0 Å². The lowest BCUT2D eigenvalue weighted by molar-refractivity contribution is -0.386. The number of nitrogens with zero attached hydrogens (tertiary/aromatic N) is 1. The number of hydrogen-bond donors (Lipinski definition) is 2. The predicted molar refractivity (Wildman–Crippen MR) is 70.7 cm³/mol. The normalized spacial score (nSPS) is 11.9. The zero-order valence-corrected chi connectivity index (χ0v) is 11.7. The van der Waals surface area contributed by atoms with Crippen molar-refractivity contribution in [2.45, 2.75) is 19.4 Å². The number of ether oxygens (including phenoxy) is 1. The number of hydrogen-bond acceptors (Lipinski definition) is 5. The highest BCUT2D eigenvalue weighted by Crippen LogP contribution is 2.37. The first kappa shape index (κ1) is 15.4. The lowest BCUT2D eigenvalue weighted by atomic mass is 10.1. The third-order valence-corrected chi connectivity index (χ3v) is 2.76. The molecule has 0 aliphatic rings. The Kier molecular flexibility index (Phi) is 5.25. The minimum Gasteiger partial charge on any atom is -0.486 e. The number of carbonyl (C=O) groups excluding carboxylic acids is 1. The maximum atomic E-state index is 11.0. The zero-order chi connectivity index (χ0) is 14.6. The summed E-state index contributed by atoms with van der Waals surface area (Å²) in [6.07, 6.45) is -1.01. The lowest BCUT2D eigenvalue weighted by Gasteiger charge is -2.13. The van der Waals surface area contributed by atoms with Crippen molar-refractivity contribution in [3.63, 3.8) is 0 Å². The van der Waals surface area contributed by atoms with Crippen LogP contribution in [0.25, 0.3) is 0 Å². The van der Waals surface area contributed by atoms with E-state index in [2.05, 4.69) is 15.9 Å². The Bertz CT molecular complexity index is 504. The number of nitro groups is 1. The van der Waals surface area contributed by atoms with Crippen LogP contribution in [-0.4, -0.2) is 22.5 Å². The second-order valence-electron chi connectivity index (χ2n) is 3.84. The fraction of sp³-hybridized carbons (Fsp3) is 0.364. The van der Waals surface area contributed by atoms with E-state index in [1.165, 1.54) is 19.1 Å². The van der Waals surface area contributed by atoms with E-state index in [1.807, 2.05) is 0 Å². The first-order valence-corrected chi connectivity index (χ1v) is 6.19. The van der Waals surface area contributed by atoms with Gasteiger partial charge in [-0.25, -0.2) is 0 Å². The molecule has 0 aromatic heterocycles. The summed E-state index contributed by atoms with van der Waals surface area (Å²) in [5.41, 5.74) is 4.95. The smallest absolute Gasteiger partial charge is 0.312 e.